The summed E-state index contributed by atoms with van der Waals surface area (Å²) in [7, 11) is 1.92. The van der Waals surface area contributed by atoms with Crippen LogP contribution in [-0.4, -0.2) is 48.2 Å². The second-order valence-electron chi connectivity index (χ2n) is 8.13. The molecule has 1 amide bonds. The molecule has 0 N–H and O–H groups in total. The molecule has 0 radical (unpaired) electrons. The van der Waals surface area contributed by atoms with Gasteiger partial charge in [0, 0.05) is 20.0 Å². The van der Waals surface area contributed by atoms with Crippen molar-refractivity contribution < 1.29 is 9.59 Å². The zero-order chi connectivity index (χ0) is 20.2. The highest BCUT2D eigenvalue weighted by molar-refractivity contribution is 7.59. The van der Waals surface area contributed by atoms with E-state index in [2.05, 4.69) is 17.0 Å². The number of likely N-dealkylation sites (N-methyl/N-ethyl adjacent to an activating group) is 1. The van der Waals surface area contributed by atoms with Gasteiger partial charge in [0.05, 0.1) is 12.5 Å². The SMILES string of the molecule is CN(C(=O)Cc1ccc2c(c1)CC(=O)C=C2)[C@H](CN1CCCC1)c1ccccc1.S. The summed E-state index contributed by atoms with van der Waals surface area (Å²) in [4.78, 5) is 29.2. The first-order valence-corrected chi connectivity index (χ1v) is 10.5. The Morgan fingerprint density at radius 1 is 1.07 bits per heavy atom. The molecule has 1 aliphatic carbocycles. The molecule has 1 fully saturated rings. The minimum absolute atomic E-state index is 0. The number of benzene rings is 2. The Morgan fingerprint density at radius 3 is 2.53 bits per heavy atom. The summed E-state index contributed by atoms with van der Waals surface area (Å²) >= 11 is 0. The van der Waals surface area contributed by atoms with Gasteiger partial charge in [0.15, 0.2) is 5.78 Å². The van der Waals surface area contributed by atoms with Crippen molar-refractivity contribution in [3.8, 4) is 0 Å². The number of likely N-dealkylation sites (tertiary alicyclic amines) is 1. The molecule has 0 saturated carbocycles. The number of allylic oxidation sites excluding steroid dienone is 1. The molecule has 1 heterocycles. The predicted molar refractivity (Wildman–Crippen MR) is 126 cm³/mol. The number of ketones is 1. The van der Waals surface area contributed by atoms with Crippen molar-refractivity contribution >= 4 is 31.3 Å². The van der Waals surface area contributed by atoms with Crippen LogP contribution in [-0.2, 0) is 22.4 Å². The average molecular weight is 423 g/mol. The molecule has 158 valence electrons. The first-order chi connectivity index (χ1) is 14.1. The van der Waals surface area contributed by atoms with Gasteiger partial charge in [-0.1, -0.05) is 54.6 Å². The van der Waals surface area contributed by atoms with Crippen molar-refractivity contribution in [3.63, 3.8) is 0 Å². The van der Waals surface area contributed by atoms with Crippen LogP contribution in [0.5, 0.6) is 0 Å². The van der Waals surface area contributed by atoms with E-state index in [9.17, 15) is 9.59 Å². The maximum atomic E-state index is 13.2. The summed E-state index contributed by atoms with van der Waals surface area (Å²) in [5, 5.41) is 0. The standard InChI is InChI=1S/C25H28N2O2.H2S/c1-26(24(18-27-13-5-6-14-27)21-7-3-2-4-8-21)25(29)16-19-9-10-20-11-12-23(28)17-22(20)15-19;/h2-4,7-12,15,24H,5-6,13-14,16-18H2,1H3;1H2/t24-;/m1./s1. The fraction of sp³-hybridized carbons (Fsp3) is 0.360. The lowest BCUT2D eigenvalue weighted by molar-refractivity contribution is -0.131. The van der Waals surface area contributed by atoms with Crippen molar-refractivity contribution in [1.29, 1.82) is 0 Å². The molecule has 5 heteroatoms. The van der Waals surface area contributed by atoms with Crippen molar-refractivity contribution in [2.75, 3.05) is 26.7 Å². The van der Waals surface area contributed by atoms with Gasteiger partial charge in [-0.2, -0.15) is 13.5 Å². The van der Waals surface area contributed by atoms with E-state index < -0.39 is 0 Å². The Morgan fingerprint density at radius 2 is 1.80 bits per heavy atom. The highest BCUT2D eigenvalue weighted by Crippen LogP contribution is 2.25. The molecule has 2 aromatic carbocycles. The summed E-state index contributed by atoms with van der Waals surface area (Å²) in [5.41, 5.74) is 4.24. The lowest BCUT2D eigenvalue weighted by Crippen LogP contribution is -2.39. The van der Waals surface area contributed by atoms with Gasteiger partial charge in [-0.05, 0) is 54.3 Å². The van der Waals surface area contributed by atoms with Crippen LogP contribution in [0, 0.1) is 0 Å². The molecular formula is C25H30N2O2S. The summed E-state index contributed by atoms with van der Waals surface area (Å²) in [5.74, 6) is 0.225. The number of amides is 1. The Hall–Kier alpha value is -2.37. The Kier molecular flexibility index (Phi) is 7.51. The van der Waals surface area contributed by atoms with E-state index in [0.29, 0.717) is 12.8 Å². The molecule has 30 heavy (non-hydrogen) atoms. The van der Waals surface area contributed by atoms with E-state index in [4.69, 9.17) is 0 Å². The Balaban J connectivity index is 0.00000256. The minimum Gasteiger partial charge on any atom is -0.337 e. The topological polar surface area (TPSA) is 40.6 Å². The van der Waals surface area contributed by atoms with Gasteiger partial charge in [0.1, 0.15) is 0 Å². The van der Waals surface area contributed by atoms with Gasteiger partial charge in [-0.15, -0.1) is 0 Å². The third-order valence-corrected chi connectivity index (χ3v) is 6.05. The predicted octanol–water partition coefficient (Wildman–Crippen LogP) is 3.78. The molecule has 1 atom stereocenters. The van der Waals surface area contributed by atoms with Crippen LogP contribution in [0.2, 0.25) is 0 Å². The lowest BCUT2D eigenvalue weighted by Gasteiger charge is -2.32. The Bertz CT molecular complexity index is 920. The largest absolute Gasteiger partial charge is 0.337 e. The van der Waals surface area contributed by atoms with Crippen LogP contribution in [0.3, 0.4) is 0 Å². The third-order valence-electron chi connectivity index (χ3n) is 6.05. The average Bonchev–Trinajstić information content (AvgIpc) is 3.25. The number of nitrogens with zero attached hydrogens (tertiary/aromatic N) is 2. The van der Waals surface area contributed by atoms with Crippen LogP contribution in [0.1, 0.15) is 41.1 Å². The van der Waals surface area contributed by atoms with Crippen molar-refractivity contribution in [2.45, 2.75) is 31.7 Å². The van der Waals surface area contributed by atoms with Crippen LogP contribution in [0.4, 0.5) is 0 Å². The third kappa shape index (κ3) is 5.21. The van der Waals surface area contributed by atoms with E-state index >= 15 is 0 Å². The smallest absolute Gasteiger partial charge is 0.227 e. The Labute approximate surface area is 186 Å². The second-order valence-corrected chi connectivity index (χ2v) is 8.13. The van der Waals surface area contributed by atoms with E-state index in [0.717, 1.165) is 36.3 Å². The molecule has 0 unspecified atom stereocenters. The normalized spacial score (nSPS) is 16.6. The number of hydrogen-bond acceptors (Lipinski definition) is 3. The van der Waals surface area contributed by atoms with Crippen molar-refractivity contribution in [3.05, 3.63) is 76.9 Å². The molecule has 2 aliphatic rings. The molecule has 4 rings (SSSR count). The van der Waals surface area contributed by atoms with E-state index in [1.807, 2.05) is 54.4 Å². The summed E-state index contributed by atoms with van der Waals surface area (Å²) in [6, 6.07) is 16.4. The zero-order valence-corrected chi connectivity index (χ0v) is 18.5. The van der Waals surface area contributed by atoms with Crippen LogP contribution < -0.4 is 0 Å². The van der Waals surface area contributed by atoms with Gasteiger partial charge < -0.3 is 9.80 Å². The summed E-state index contributed by atoms with van der Waals surface area (Å²) in [6.45, 7) is 3.09. The molecule has 0 aromatic heterocycles. The lowest BCUT2D eigenvalue weighted by atomic mass is 9.93. The van der Waals surface area contributed by atoms with E-state index in [1.165, 1.54) is 18.4 Å². The maximum Gasteiger partial charge on any atom is 0.227 e. The van der Waals surface area contributed by atoms with E-state index in [-0.39, 0.29) is 31.2 Å². The minimum atomic E-state index is 0. The van der Waals surface area contributed by atoms with Crippen LogP contribution in [0.15, 0.2) is 54.6 Å². The highest BCUT2D eigenvalue weighted by Gasteiger charge is 2.25. The van der Waals surface area contributed by atoms with Gasteiger partial charge in [0.25, 0.3) is 0 Å². The quantitative estimate of drug-likeness (QED) is 0.711. The van der Waals surface area contributed by atoms with Gasteiger partial charge in [-0.25, -0.2) is 0 Å². The molecule has 0 spiro atoms. The first kappa shape index (κ1) is 22.3. The molecular weight excluding hydrogens is 392 g/mol. The van der Waals surface area contributed by atoms with Crippen molar-refractivity contribution in [1.82, 2.24) is 9.80 Å². The molecule has 2 aromatic rings. The summed E-state index contributed by atoms with van der Waals surface area (Å²) in [6.07, 6.45) is 6.74. The number of hydrogen-bond donors (Lipinski definition) is 0. The number of rotatable bonds is 6. The van der Waals surface area contributed by atoms with E-state index in [1.54, 1.807) is 6.08 Å². The van der Waals surface area contributed by atoms with Gasteiger partial charge in [0.2, 0.25) is 5.91 Å². The molecule has 4 nitrogen and oxygen atoms in total. The fourth-order valence-electron chi connectivity index (χ4n) is 4.32. The van der Waals surface area contributed by atoms with Gasteiger partial charge in [-0.3, -0.25) is 9.59 Å². The monoisotopic (exact) mass is 422 g/mol. The zero-order valence-electron chi connectivity index (χ0n) is 17.5. The molecule has 1 aliphatic heterocycles. The van der Waals surface area contributed by atoms with Gasteiger partial charge >= 0.3 is 0 Å². The number of fused-ring (bicyclic) bond motifs is 1. The first-order valence-electron chi connectivity index (χ1n) is 10.5. The summed E-state index contributed by atoms with van der Waals surface area (Å²) < 4.78 is 0. The van der Waals surface area contributed by atoms with Crippen molar-refractivity contribution in [2.24, 2.45) is 0 Å². The molecule has 1 saturated heterocycles. The fourth-order valence-corrected chi connectivity index (χ4v) is 4.32. The highest BCUT2D eigenvalue weighted by atomic mass is 32.1. The maximum absolute atomic E-state index is 13.2. The second kappa shape index (κ2) is 10.1. The van der Waals surface area contributed by atoms with Crippen LogP contribution in [0.25, 0.3) is 6.08 Å². The van der Waals surface area contributed by atoms with Crippen LogP contribution >= 0.6 is 13.5 Å². The molecule has 0 bridgehead atoms. The number of carbonyl (C=O) groups excluding carboxylic acids is 2. The number of carbonyl (C=O) groups is 2.